The molecule has 0 spiro atoms. The number of primary sulfonamides is 1. The molecule has 6 heteroatoms. The maximum atomic E-state index is 11.3. The molecule has 0 radical (unpaired) electrons. The van der Waals surface area contributed by atoms with E-state index in [1.807, 2.05) is 0 Å². The van der Waals surface area contributed by atoms with E-state index in [1.165, 1.54) is 6.07 Å². The minimum atomic E-state index is -3.84. The molecule has 0 amide bonds. The van der Waals surface area contributed by atoms with E-state index in [4.69, 9.17) is 9.56 Å². The molecule has 3 rings (SSSR count). The molecule has 2 aliphatic rings. The third-order valence-corrected chi connectivity index (χ3v) is 4.92. The molecule has 3 N–H and O–H groups in total. The maximum absolute atomic E-state index is 11.3. The van der Waals surface area contributed by atoms with Gasteiger partial charge in [-0.05, 0) is 32.1 Å². The third kappa shape index (κ3) is 1.47. The first kappa shape index (κ1) is 11.3. The van der Waals surface area contributed by atoms with Crippen molar-refractivity contribution in [2.24, 2.45) is 11.1 Å². The van der Waals surface area contributed by atoms with Crippen LogP contribution in [0.25, 0.3) is 0 Å². The molecule has 2 aliphatic carbocycles. The molecule has 94 valence electrons. The summed E-state index contributed by atoms with van der Waals surface area (Å²) in [7, 11) is -3.84. The Labute approximate surface area is 99.7 Å². The zero-order valence-electron chi connectivity index (χ0n) is 9.51. The van der Waals surface area contributed by atoms with E-state index in [0.29, 0.717) is 11.3 Å². The van der Waals surface area contributed by atoms with E-state index in [0.717, 1.165) is 19.3 Å². The largest absolute Gasteiger partial charge is 0.448 e. The van der Waals surface area contributed by atoms with Crippen LogP contribution in [0.4, 0.5) is 0 Å². The topological polar surface area (TPSA) is 93.5 Å². The molecular weight excluding hydrogens is 242 g/mol. The van der Waals surface area contributed by atoms with Gasteiger partial charge < -0.3 is 9.52 Å². The number of hydrogen-bond donors (Lipinski definition) is 2. The van der Waals surface area contributed by atoms with Gasteiger partial charge in [-0.2, -0.15) is 0 Å². The average Bonchev–Trinajstić information content (AvgIpc) is 2.81. The van der Waals surface area contributed by atoms with E-state index >= 15 is 0 Å². The van der Waals surface area contributed by atoms with Crippen molar-refractivity contribution in [3.63, 3.8) is 0 Å². The molecule has 5 nitrogen and oxygen atoms in total. The molecule has 3 atom stereocenters. The molecule has 1 aromatic rings. The summed E-state index contributed by atoms with van der Waals surface area (Å²) in [5.41, 5.74) is -0.408. The number of fused-ring (bicyclic) bond motifs is 4. The Morgan fingerprint density at radius 3 is 2.88 bits per heavy atom. The van der Waals surface area contributed by atoms with Gasteiger partial charge in [-0.15, -0.1) is 0 Å². The molecule has 0 aliphatic heterocycles. The van der Waals surface area contributed by atoms with Crippen LogP contribution in [0.2, 0.25) is 0 Å². The highest BCUT2D eigenvalue weighted by atomic mass is 32.2. The fourth-order valence-electron chi connectivity index (χ4n) is 3.17. The lowest BCUT2D eigenvalue weighted by Gasteiger charge is -2.33. The van der Waals surface area contributed by atoms with Crippen LogP contribution in [0.15, 0.2) is 15.6 Å². The second kappa shape index (κ2) is 3.13. The van der Waals surface area contributed by atoms with Crippen molar-refractivity contribution in [1.82, 2.24) is 0 Å². The molecule has 1 heterocycles. The van der Waals surface area contributed by atoms with Gasteiger partial charge in [0, 0.05) is 17.5 Å². The Morgan fingerprint density at radius 2 is 2.24 bits per heavy atom. The first-order valence-corrected chi connectivity index (χ1v) is 7.24. The highest BCUT2D eigenvalue weighted by molar-refractivity contribution is 7.89. The number of furan rings is 1. The van der Waals surface area contributed by atoms with Gasteiger partial charge in [-0.3, -0.25) is 0 Å². The van der Waals surface area contributed by atoms with Gasteiger partial charge in [0.2, 0.25) is 5.09 Å². The maximum Gasteiger partial charge on any atom is 0.271 e. The second-order valence-corrected chi connectivity index (χ2v) is 6.74. The minimum absolute atomic E-state index is 0.186. The van der Waals surface area contributed by atoms with Gasteiger partial charge >= 0.3 is 0 Å². The predicted octanol–water partition coefficient (Wildman–Crippen LogP) is 1.03. The first-order chi connectivity index (χ1) is 7.80. The zero-order chi connectivity index (χ0) is 12.4. The molecule has 1 fully saturated rings. The molecule has 1 saturated carbocycles. The van der Waals surface area contributed by atoms with Crippen LogP contribution in [0.1, 0.15) is 43.4 Å². The monoisotopic (exact) mass is 257 g/mol. The fourth-order valence-corrected chi connectivity index (χ4v) is 3.66. The van der Waals surface area contributed by atoms with Crippen molar-refractivity contribution in [2.45, 2.75) is 42.8 Å². The number of nitrogens with two attached hydrogens (primary N) is 1. The molecule has 17 heavy (non-hydrogen) atoms. The number of hydrogen-bond acceptors (Lipinski definition) is 4. The molecule has 0 aromatic carbocycles. The summed E-state index contributed by atoms with van der Waals surface area (Å²) < 4.78 is 27.9. The standard InChI is InChI=1S/C11H15NO4S/c1-11(13)7-3-2-6(4-7)10-8(11)5-9(16-10)17(12,14)15/h5-7,13H,2-4H2,1H3,(H2,12,14,15). The van der Waals surface area contributed by atoms with Crippen molar-refractivity contribution < 1.29 is 17.9 Å². The fraction of sp³-hybridized carbons (Fsp3) is 0.636. The number of aliphatic hydroxyl groups is 1. The van der Waals surface area contributed by atoms with E-state index in [1.54, 1.807) is 6.92 Å². The predicted molar refractivity (Wildman–Crippen MR) is 59.7 cm³/mol. The molecule has 2 bridgehead atoms. The Bertz CT molecular complexity index is 572. The first-order valence-electron chi connectivity index (χ1n) is 5.69. The summed E-state index contributed by atoms with van der Waals surface area (Å²) >= 11 is 0. The Morgan fingerprint density at radius 1 is 1.53 bits per heavy atom. The molecular formula is C11H15NO4S. The highest BCUT2D eigenvalue weighted by Crippen LogP contribution is 2.54. The molecule has 1 aromatic heterocycles. The van der Waals surface area contributed by atoms with Gasteiger partial charge in [0.1, 0.15) is 5.76 Å². The van der Waals surface area contributed by atoms with Crippen molar-refractivity contribution in [3.8, 4) is 0 Å². The van der Waals surface area contributed by atoms with Crippen molar-refractivity contribution in [1.29, 1.82) is 0 Å². The summed E-state index contributed by atoms with van der Waals surface area (Å²) in [6, 6.07) is 1.38. The van der Waals surface area contributed by atoms with Crippen LogP contribution in [0.3, 0.4) is 0 Å². The van der Waals surface area contributed by atoms with Crippen LogP contribution in [0.5, 0.6) is 0 Å². The van der Waals surface area contributed by atoms with E-state index in [2.05, 4.69) is 0 Å². The van der Waals surface area contributed by atoms with Gasteiger partial charge in [0.05, 0.1) is 5.60 Å². The normalized spacial score (nSPS) is 35.9. The Kier molecular flexibility index (Phi) is 2.07. The van der Waals surface area contributed by atoms with Crippen molar-refractivity contribution >= 4 is 10.0 Å². The van der Waals surface area contributed by atoms with Gasteiger partial charge in [0.25, 0.3) is 10.0 Å². The van der Waals surface area contributed by atoms with Crippen LogP contribution in [-0.4, -0.2) is 13.5 Å². The third-order valence-electron chi connectivity index (χ3n) is 4.16. The van der Waals surface area contributed by atoms with Gasteiger partial charge in [-0.1, -0.05) is 0 Å². The van der Waals surface area contributed by atoms with Crippen LogP contribution in [-0.2, 0) is 15.6 Å². The van der Waals surface area contributed by atoms with Gasteiger partial charge in [-0.25, -0.2) is 13.6 Å². The quantitative estimate of drug-likeness (QED) is 0.785. The molecule has 3 unspecified atom stereocenters. The van der Waals surface area contributed by atoms with E-state index in [9.17, 15) is 13.5 Å². The van der Waals surface area contributed by atoms with Gasteiger partial charge in [0.15, 0.2) is 0 Å². The average molecular weight is 257 g/mol. The smallest absolute Gasteiger partial charge is 0.271 e. The molecule has 0 saturated heterocycles. The van der Waals surface area contributed by atoms with Crippen LogP contribution in [0, 0.1) is 5.92 Å². The zero-order valence-corrected chi connectivity index (χ0v) is 10.3. The van der Waals surface area contributed by atoms with Crippen molar-refractivity contribution in [3.05, 3.63) is 17.4 Å². The summed E-state index contributed by atoms with van der Waals surface area (Å²) in [6.07, 6.45) is 2.75. The van der Waals surface area contributed by atoms with E-state index < -0.39 is 15.6 Å². The second-order valence-electron chi connectivity index (χ2n) is 5.24. The summed E-state index contributed by atoms with van der Waals surface area (Å²) in [6.45, 7) is 1.72. The Hall–Kier alpha value is -0.850. The van der Waals surface area contributed by atoms with Crippen LogP contribution >= 0.6 is 0 Å². The lowest BCUT2D eigenvalue weighted by molar-refractivity contribution is -0.0115. The van der Waals surface area contributed by atoms with Crippen molar-refractivity contribution in [2.75, 3.05) is 0 Å². The number of sulfonamides is 1. The van der Waals surface area contributed by atoms with E-state index in [-0.39, 0.29) is 16.9 Å². The van der Waals surface area contributed by atoms with Crippen LogP contribution < -0.4 is 5.14 Å². The number of rotatable bonds is 1. The highest BCUT2D eigenvalue weighted by Gasteiger charge is 2.49. The minimum Gasteiger partial charge on any atom is -0.448 e. The lowest BCUT2D eigenvalue weighted by atomic mass is 9.76. The lowest BCUT2D eigenvalue weighted by Crippen LogP contribution is -2.33. The summed E-state index contributed by atoms with van der Waals surface area (Å²) in [5.74, 6) is 1.02. The summed E-state index contributed by atoms with van der Waals surface area (Å²) in [4.78, 5) is 0. The Balaban J connectivity index is 2.21. The SMILES string of the molecule is CC1(O)c2cc(S(N)(=O)=O)oc2C2CCC1C2. The summed E-state index contributed by atoms with van der Waals surface area (Å²) in [5, 5.41) is 15.3.